The summed E-state index contributed by atoms with van der Waals surface area (Å²) in [7, 11) is 0. The van der Waals surface area contributed by atoms with Crippen LogP contribution in [-0.2, 0) is 6.54 Å². The van der Waals surface area contributed by atoms with Crippen LogP contribution in [-0.4, -0.2) is 5.11 Å². The van der Waals surface area contributed by atoms with Gasteiger partial charge in [-0.3, -0.25) is 0 Å². The number of phenolic OH excluding ortho intramolecular Hbond substituents is 1. The Balaban J connectivity index is 2.07. The zero-order valence-electron chi connectivity index (χ0n) is 11.2. The number of hydrogen-bond acceptors (Lipinski definition) is 2. The van der Waals surface area contributed by atoms with Crippen molar-refractivity contribution in [3.8, 4) is 5.75 Å². The Morgan fingerprint density at radius 3 is 2.55 bits per heavy atom. The second-order valence-corrected chi connectivity index (χ2v) is 5.96. The van der Waals surface area contributed by atoms with Crippen LogP contribution < -0.4 is 5.32 Å². The molecule has 0 aromatic heterocycles. The summed E-state index contributed by atoms with van der Waals surface area (Å²) in [6, 6.07) is 13.9. The quantitative estimate of drug-likeness (QED) is 0.787. The number of rotatable bonds is 5. The molecule has 2 aromatic rings. The summed E-state index contributed by atoms with van der Waals surface area (Å²) in [5.41, 5.74) is 2.05. The van der Waals surface area contributed by atoms with Crippen molar-refractivity contribution in [3.05, 3.63) is 63.1 Å². The Kier molecular flexibility index (Phi) is 5.46. The average molecular weight is 355 g/mol. The maximum Gasteiger partial charge on any atom is 0.138 e. The molecule has 0 spiro atoms. The van der Waals surface area contributed by atoms with Crippen LogP contribution in [0, 0.1) is 0 Å². The lowest BCUT2D eigenvalue weighted by atomic mass is 10.0. The van der Waals surface area contributed by atoms with Gasteiger partial charge in [0.1, 0.15) is 5.75 Å². The zero-order valence-corrected chi connectivity index (χ0v) is 13.6. The first-order valence-corrected chi connectivity index (χ1v) is 7.74. The smallest absolute Gasteiger partial charge is 0.138 e. The summed E-state index contributed by atoms with van der Waals surface area (Å²) < 4.78 is 1.07. The zero-order chi connectivity index (χ0) is 14.5. The lowest BCUT2D eigenvalue weighted by Gasteiger charge is -2.18. The molecule has 1 unspecified atom stereocenters. The fourth-order valence-corrected chi connectivity index (χ4v) is 2.59. The topological polar surface area (TPSA) is 32.3 Å². The summed E-state index contributed by atoms with van der Waals surface area (Å²) in [6.07, 6.45) is 0.975. The minimum absolute atomic E-state index is 0.160. The molecule has 0 bridgehead atoms. The minimum Gasteiger partial charge on any atom is -0.506 e. The van der Waals surface area contributed by atoms with E-state index in [0.29, 0.717) is 11.6 Å². The van der Waals surface area contributed by atoms with Gasteiger partial charge in [0.05, 0.1) is 5.02 Å². The second-order valence-electron chi connectivity index (χ2n) is 4.64. The molecule has 4 heteroatoms. The van der Waals surface area contributed by atoms with Gasteiger partial charge in [-0.2, -0.15) is 0 Å². The number of phenols is 1. The molecule has 20 heavy (non-hydrogen) atoms. The molecular formula is C16H17BrClNO. The lowest BCUT2D eigenvalue weighted by molar-refractivity contribution is 0.455. The number of para-hydroxylation sites is 1. The molecule has 0 fully saturated rings. The summed E-state index contributed by atoms with van der Waals surface area (Å²) in [5, 5.41) is 13.8. The predicted octanol–water partition coefficient (Wildman–Crippen LogP) is 5.05. The van der Waals surface area contributed by atoms with Crippen LogP contribution in [0.15, 0.2) is 46.9 Å². The van der Waals surface area contributed by atoms with Crippen molar-refractivity contribution in [1.82, 2.24) is 5.32 Å². The molecular weight excluding hydrogens is 338 g/mol. The second kappa shape index (κ2) is 7.11. The highest BCUT2D eigenvalue weighted by Gasteiger charge is 2.11. The highest BCUT2D eigenvalue weighted by Crippen LogP contribution is 2.27. The van der Waals surface area contributed by atoms with Crippen molar-refractivity contribution in [2.75, 3.05) is 0 Å². The molecule has 0 heterocycles. The third-order valence-corrected chi connectivity index (χ3v) is 4.12. The Labute approximate surface area is 132 Å². The van der Waals surface area contributed by atoms with Crippen LogP contribution in [0.3, 0.4) is 0 Å². The highest BCUT2D eigenvalue weighted by atomic mass is 79.9. The van der Waals surface area contributed by atoms with Crippen LogP contribution in [0.1, 0.15) is 30.5 Å². The van der Waals surface area contributed by atoms with E-state index in [2.05, 4.69) is 40.3 Å². The summed E-state index contributed by atoms with van der Waals surface area (Å²) in [4.78, 5) is 0. The van der Waals surface area contributed by atoms with E-state index in [1.165, 1.54) is 5.56 Å². The molecule has 0 saturated heterocycles. The van der Waals surface area contributed by atoms with Gasteiger partial charge in [-0.15, -0.1) is 0 Å². The molecule has 2 N–H and O–H groups in total. The molecule has 106 valence electrons. The molecule has 2 rings (SSSR count). The minimum atomic E-state index is 0.160. The first-order valence-electron chi connectivity index (χ1n) is 6.57. The van der Waals surface area contributed by atoms with Gasteiger partial charge in [-0.05, 0) is 30.2 Å². The Bertz CT molecular complexity index is 571. The number of hydrogen-bond donors (Lipinski definition) is 2. The van der Waals surface area contributed by atoms with E-state index < -0.39 is 0 Å². The van der Waals surface area contributed by atoms with Crippen molar-refractivity contribution in [2.45, 2.75) is 25.9 Å². The van der Waals surface area contributed by atoms with Gasteiger partial charge >= 0.3 is 0 Å². The van der Waals surface area contributed by atoms with Gasteiger partial charge in [0.15, 0.2) is 0 Å². The molecule has 0 aliphatic heterocycles. The van der Waals surface area contributed by atoms with E-state index in [0.717, 1.165) is 16.5 Å². The summed E-state index contributed by atoms with van der Waals surface area (Å²) >= 11 is 9.36. The van der Waals surface area contributed by atoms with Gasteiger partial charge in [-0.1, -0.05) is 58.7 Å². The van der Waals surface area contributed by atoms with E-state index in [1.54, 1.807) is 6.07 Å². The Hall–Kier alpha value is -1.03. The van der Waals surface area contributed by atoms with Gasteiger partial charge in [-0.25, -0.2) is 0 Å². The first kappa shape index (κ1) is 15.4. The van der Waals surface area contributed by atoms with Gasteiger partial charge in [0, 0.05) is 22.6 Å². The predicted molar refractivity (Wildman–Crippen MR) is 87.1 cm³/mol. The Morgan fingerprint density at radius 1 is 1.20 bits per heavy atom. The van der Waals surface area contributed by atoms with Gasteiger partial charge in [0.25, 0.3) is 0 Å². The number of halogens is 2. The third-order valence-electron chi connectivity index (χ3n) is 3.29. The molecule has 0 radical (unpaired) electrons. The molecule has 0 saturated carbocycles. The molecule has 1 atom stereocenters. The monoisotopic (exact) mass is 353 g/mol. The van der Waals surface area contributed by atoms with Crippen molar-refractivity contribution in [1.29, 1.82) is 0 Å². The van der Waals surface area contributed by atoms with Crippen LogP contribution in [0.4, 0.5) is 0 Å². The maximum absolute atomic E-state index is 9.91. The van der Waals surface area contributed by atoms with E-state index in [9.17, 15) is 5.11 Å². The van der Waals surface area contributed by atoms with Crippen LogP contribution in [0.2, 0.25) is 5.02 Å². The first-order chi connectivity index (χ1) is 9.61. The third kappa shape index (κ3) is 3.75. The number of aromatic hydroxyl groups is 1. The van der Waals surface area contributed by atoms with E-state index in [-0.39, 0.29) is 11.8 Å². The highest BCUT2D eigenvalue weighted by molar-refractivity contribution is 9.10. The summed E-state index contributed by atoms with van der Waals surface area (Å²) in [5.74, 6) is 0.160. The maximum atomic E-state index is 9.91. The molecule has 2 nitrogen and oxygen atoms in total. The lowest BCUT2D eigenvalue weighted by Crippen LogP contribution is -2.20. The van der Waals surface area contributed by atoms with Crippen molar-refractivity contribution in [2.24, 2.45) is 0 Å². The molecule has 2 aromatic carbocycles. The van der Waals surface area contributed by atoms with Gasteiger partial charge in [0.2, 0.25) is 0 Å². The number of benzene rings is 2. The normalized spacial score (nSPS) is 12.3. The summed E-state index contributed by atoms with van der Waals surface area (Å²) in [6.45, 7) is 2.72. The SMILES string of the molecule is CCC(NCc1cccc(Cl)c1O)c1ccc(Br)cc1. The van der Waals surface area contributed by atoms with E-state index in [1.807, 2.05) is 24.3 Å². The fourth-order valence-electron chi connectivity index (χ4n) is 2.13. The standard InChI is InChI=1S/C16H17BrClNO/c1-2-15(11-6-8-13(17)9-7-11)19-10-12-4-3-5-14(18)16(12)20/h3-9,15,19-20H,2,10H2,1H3. The fraction of sp³-hybridized carbons (Fsp3) is 0.250. The number of nitrogens with one attached hydrogen (secondary N) is 1. The van der Waals surface area contributed by atoms with E-state index >= 15 is 0 Å². The largest absolute Gasteiger partial charge is 0.506 e. The molecule has 0 aliphatic rings. The van der Waals surface area contributed by atoms with Crippen LogP contribution in [0.5, 0.6) is 5.75 Å². The average Bonchev–Trinajstić information content (AvgIpc) is 2.45. The van der Waals surface area contributed by atoms with Crippen LogP contribution >= 0.6 is 27.5 Å². The van der Waals surface area contributed by atoms with Crippen molar-refractivity contribution < 1.29 is 5.11 Å². The Morgan fingerprint density at radius 2 is 1.90 bits per heavy atom. The molecule has 0 amide bonds. The van der Waals surface area contributed by atoms with Crippen molar-refractivity contribution in [3.63, 3.8) is 0 Å². The van der Waals surface area contributed by atoms with Gasteiger partial charge < -0.3 is 10.4 Å². The van der Waals surface area contributed by atoms with Crippen molar-refractivity contribution >= 4 is 27.5 Å². The van der Waals surface area contributed by atoms with Crippen LogP contribution in [0.25, 0.3) is 0 Å². The van der Waals surface area contributed by atoms with E-state index in [4.69, 9.17) is 11.6 Å². The molecule has 0 aliphatic carbocycles.